The van der Waals surface area contributed by atoms with Gasteiger partial charge in [0, 0.05) is 0 Å². The minimum Gasteiger partial charge on any atom is -0.684 e. The molecule has 0 amide bonds. The fraction of sp³-hybridized carbons (Fsp3) is 0.400. The summed E-state index contributed by atoms with van der Waals surface area (Å²) >= 11 is 0. The van der Waals surface area contributed by atoms with Crippen molar-refractivity contribution in [2.45, 2.75) is 19.8 Å². The molecule has 0 saturated carbocycles. The summed E-state index contributed by atoms with van der Waals surface area (Å²) in [6.07, 6.45) is 2.41. The molecular formula is C10H14LiN. The van der Waals surface area contributed by atoms with Gasteiger partial charge in [0.05, 0.1) is 0 Å². The Kier molecular flexibility index (Phi) is 7.04. The first-order chi connectivity index (χ1) is 5.43. The smallest absolute Gasteiger partial charge is 0.684 e. The number of hydrogen-bond acceptors (Lipinski definition) is 0. The minimum atomic E-state index is 0. The van der Waals surface area contributed by atoms with Crippen LogP contribution in [0.5, 0.6) is 0 Å². The largest absolute Gasteiger partial charge is 1.00 e. The molecule has 0 atom stereocenters. The Morgan fingerprint density at radius 2 is 1.83 bits per heavy atom. The summed E-state index contributed by atoms with van der Waals surface area (Å²) in [6, 6.07) is 10.1. The molecule has 0 fully saturated rings. The molecule has 0 unspecified atom stereocenters. The zero-order valence-electron chi connectivity index (χ0n) is 7.96. The molecule has 1 nitrogen and oxygen atoms in total. The summed E-state index contributed by atoms with van der Waals surface area (Å²) in [5.41, 5.74) is 1.10. The van der Waals surface area contributed by atoms with Crippen LogP contribution >= 0.6 is 0 Å². The second-order valence-corrected chi connectivity index (χ2v) is 2.57. The number of para-hydroxylation sites is 1. The average Bonchev–Trinajstić information content (AvgIpc) is 2.07. The summed E-state index contributed by atoms with van der Waals surface area (Å²) < 4.78 is 0. The number of benzene rings is 1. The van der Waals surface area contributed by atoms with Gasteiger partial charge in [-0.05, 0) is 0 Å². The second-order valence-electron chi connectivity index (χ2n) is 2.57. The Morgan fingerprint density at radius 3 is 2.42 bits per heavy atom. The molecule has 0 heterocycles. The van der Waals surface area contributed by atoms with Crippen molar-refractivity contribution >= 4 is 5.69 Å². The molecule has 1 aromatic carbocycles. The van der Waals surface area contributed by atoms with Crippen LogP contribution in [0.15, 0.2) is 30.3 Å². The van der Waals surface area contributed by atoms with Gasteiger partial charge >= 0.3 is 18.9 Å². The molecule has 0 aromatic heterocycles. The first-order valence-electron chi connectivity index (χ1n) is 4.16. The Balaban J connectivity index is 0.00000121. The zero-order chi connectivity index (χ0) is 7.94. The molecule has 0 radical (unpaired) electrons. The number of rotatable bonds is 4. The number of hydrogen-bond donors (Lipinski definition) is 0. The maximum Gasteiger partial charge on any atom is 1.00 e. The van der Waals surface area contributed by atoms with Crippen molar-refractivity contribution in [3.05, 3.63) is 35.6 Å². The predicted octanol–water partition coefficient (Wildman–Crippen LogP) is 0.496. The third kappa shape index (κ3) is 4.49. The van der Waals surface area contributed by atoms with Gasteiger partial charge in [0.15, 0.2) is 0 Å². The van der Waals surface area contributed by atoms with Crippen LogP contribution < -0.4 is 18.9 Å². The second kappa shape index (κ2) is 7.28. The van der Waals surface area contributed by atoms with Crippen LogP contribution in [0.25, 0.3) is 5.32 Å². The first-order valence-corrected chi connectivity index (χ1v) is 4.16. The Hall–Kier alpha value is -0.383. The predicted molar refractivity (Wildman–Crippen MR) is 49.2 cm³/mol. The molecule has 60 valence electrons. The van der Waals surface area contributed by atoms with E-state index in [1.165, 1.54) is 12.8 Å². The Morgan fingerprint density at radius 1 is 1.17 bits per heavy atom. The average molecular weight is 155 g/mol. The zero-order valence-corrected chi connectivity index (χ0v) is 7.96. The Labute approximate surface area is 86.7 Å². The molecule has 0 aliphatic rings. The van der Waals surface area contributed by atoms with Crippen LogP contribution in [-0.4, -0.2) is 6.54 Å². The normalized spacial score (nSPS) is 8.75. The van der Waals surface area contributed by atoms with Crippen molar-refractivity contribution < 1.29 is 18.9 Å². The van der Waals surface area contributed by atoms with Crippen molar-refractivity contribution in [1.29, 1.82) is 0 Å². The van der Waals surface area contributed by atoms with Crippen molar-refractivity contribution in [1.82, 2.24) is 0 Å². The quantitative estimate of drug-likeness (QED) is 0.444. The van der Waals surface area contributed by atoms with Gasteiger partial charge in [-0.3, -0.25) is 0 Å². The fourth-order valence-electron chi connectivity index (χ4n) is 0.900. The van der Waals surface area contributed by atoms with Crippen molar-refractivity contribution in [3.8, 4) is 0 Å². The van der Waals surface area contributed by atoms with E-state index >= 15 is 0 Å². The summed E-state index contributed by atoms with van der Waals surface area (Å²) in [7, 11) is 0. The van der Waals surface area contributed by atoms with Crippen molar-refractivity contribution in [2.75, 3.05) is 6.54 Å². The molecule has 0 N–H and O–H groups in total. The molecule has 1 aromatic rings. The SMILES string of the molecule is CCCC[N-]c1ccccc1.[Li+]. The summed E-state index contributed by atoms with van der Waals surface area (Å²) in [5.74, 6) is 0. The van der Waals surface area contributed by atoms with E-state index in [0.29, 0.717) is 0 Å². The molecule has 0 bridgehead atoms. The summed E-state index contributed by atoms with van der Waals surface area (Å²) in [5, 5.41) is 4.40. The van der Waals surface area contributed by atoms with Gasteiger partial charge in [0.25, 0.3) is 0 Å². The molecule has 0 spiro atoms. The molecular weight excluding hydrogens is 141 g/mol. The van der Waals surface area contributed by atoms with E-state index < -0.39 is 0 Å². The van der Waals surface area contributed by atoms with Crippen LogP contribution in [0.1, 0.15) is 19.8 Å². The summed E-state index contributed by atoms with van der Waals surface area (Å²) in [4.78, 5) is 0. The number of unbranched alkanes of at least 4 members (excludes halogenated alkanes) is 1. The standard InChI is InChI=1S/C10H14N.Li/c1-2-3-9-11-10-7-5-4-6-8-10;/h4-8H,2-3,9H2,1H3;/q-1;+1. The maximum absolute atomic E-state index is 4.40. The van der Waals surface area contributed by atoms with E-state index in [-0.39, 0.29) is 18.9 Å². The van der Waals surface area contributed by atoms with E-state index in [2.05, 4.69) is 12.2 Å². The van der Waals surface area contributed by atoms with Gasteiger partial charge < -0.3 is 5.32 Å². The van der Waals surface area contributed by atoms with E-state index in [0.717, 1.165) is 12.2 Å². The van der Waals surface area contributed by atoms with Gasteiger partial charge in [-0.1, -0.05) is 50.1 Å². The van der Waals surface area contributed by atoms with Gasteiger partial charge in [-0.25, -0.2) is 0 Å². The van der Waals surface area contributed by atoms with Crippen LogP contribution in [0.2, 0.25) is 0 Å². The van der Waals surface area contributed by atoms with Crippen LogP contribution in [0, 0.1) is 0 Å². The Bertz CT molecular complexity index is 186. The van der Waals surface area contributed by atoms with E-state index in [4.69, 9.17) is 0 Å². The monoisotopic (exact) mass is 155 g/mol. The van der Waals surface area contributed by atoms with E-state index in [1.54, 1.807) is 0 Å². The molecule has 12 heavy (non-hydrogen) atoms. The van der Waals surface area contributed by atoms with Gasteiger partial charge in [-0.15, -0.1) is 12.2 Å². The fourth-order valence-corrected chi connectivity index (χ4v) is 0.900. The molecule has 0 saturated heterocycles. The van der Waals surface area contributed by atoms with Gasteiger partial charge in [0.1, 0.15) is 0 Å². The van der Waals surface area contributed by atoms with Crippen LogP contribution in [-0.2, 0) is 0 Å². The molecule has 0 aliphatic carbocycles. The first kappa shape index (κ1) is 11.6. The van der Waals surface area contributed by atoms with Crippen molar-refractivity contribution in [2.24, 2.45) is 0 Å². The molecule has 2 heteroatoms. The minimum absolute atomic E-state index is 0. The van der Waals surface area contributed by atoms with Crippen molar-refractivity contribution in [3.63, 3.8) is 0 Å². The van der Waals surface area contributed by atoms with Gasteiger partial charge in [0.2, 0.25) is 0 Å². The van der Waals surface area contributed by atoms with E-state index in [1.807, 2.05) is 30.3 Å². The number of nitrogens with zero attached hydrogens (tertiary/aromatic N) is 1. The third-order valence-electron chi connectivity index (χ3n) is 1.56. The topological polar surface area (TPSA) is 14.1 Å². The van der Waals surface area contributed by atoms with Crippen LogP contribution in [0.3, 0.4) is 0 Å². The third-order valence-corrected chi connectivity index (χ3v) is 1.56. The summed E-state index contributed by atoms with van der Waals surface area (Å²) in [6.45, 7) is 3.14. The van der Waals surface area contributed by atoms with Crippen LogP contribution in [0.4, 0.5) is 5.69 Å². The molecule has 0 aliphatic heterocycles. The van der Waals surface area contributed by atoms with E-state index in [9.17, 15) is 0 Å². The molecule has 1 rings (SSSR count). The van der Waals surface area contributed by atoms with Gasteiger partial charge in [-0.2, -0.15) is 0 Å². The maximum atomic E-state index is 4.40.